The Hall–Kier alpha value is -3.60. The van der Waals surface area contributed by atoms with Gasteiger partial charge in [0.1, 0.15) is 22.2 Å². The minimum atomic E-state index is -0.802. The smallest absolute Gasteiger partial charge is 0.235 e. The molecule has 2 heterocycles. The number of thioether (sulfide) groups is 1. The summed E-state index contributed by atoms with van der Waals surface area (Å²) in [4.78, 5) is 36.5. The Balaban J connectivity index is 2.06. The van der Waals surface area contributed by atoms with E-state index < -0.39 is 17.1 Å². The van der Waals surface area contributed by atoms with Gasteiger partial charge in [0.15, 0.2) is 0 Å². The third-order valence-corrected chi connectivity index (χ3v) is 7.22. The summed E-state index contributed by atoms with van der Waals surface area (Å²) in [7, 11) is 2.07. The number of nitrogens with two attached hydrogens (primary N) is 2. The van der Waals surface area contributed by atoms with E-state index in [-0.39, 0.29) is 6.42 Å². The number of nitriles is 1. The Labute approximate surface area is 209 Å². The maximum atomic E-state index is 12.5. The molecule has 1 unspecified atom stereocenters. The summed E-state index contributed by atoms with van der Waals surface area (Å²) in [5.74, 6) is -0.470. The molecule has 3 rings (SSSR count). The number of aromatic nitrogens is 1. The molecule has 1 saturated heterocycles. The molecule has 10 heteroatoms. The minimum absolute atomic E-state index is 0.0983. The molecule has 1 atom stereocenters. The predicted molar refractivity (Wildman–Crippen MR) is 136 cm³/mol. The van der Waals surface area contributed by atoms with E-state index in [9.17, 15) is 14.9 Å². The van der Waals surface area contributed by atoms with Crippen LogP contribution in [0.3, 0.4) is 0 Å². The maximum absolute atomic E-state index is 12.5. The first kappa shape index (κ1) is 26.0. The molecule has 4 N–H and O–H groups in total. The van der Waals surface area contributed by atoms with E-state index in [1.807, 2.05) is 6.92 Å². The molecule has 0 aliphatic carbocycles. The molecule has 0 radical (unpaired) electrons. The van der Waals surface area contributed by atoms with Crippen LogP contribution in [0.2, 0.25) is 0 Å². The van der Waals surface area contributed by atoms with Crippen molar-refractivity contribution in [3.05, 3.63) is 57.9 Å². The van der Waals surface area contributed by atoms with E-state index in [1.165, 1.54) is 0 Å². The molecule has 9 nitrogen and oxygen atoms in total. The van der Waals surface area contributed by atoms with Crippen molar-refractivity contribution in [1.82, 2.24) is 9.88 Å². The van der Waals surface area contributed by atoms with Crippen LogP contribution in [0.15, 0.2) is 29.3 Å². The van der Waals surface area contributed by atoms with Gasteiger partial charge in [0.2, 0.25) is 17.5 Å². The molecule has 182 valence electrons. The monoisotopic (exact) mass is 491 g/mol. The number of hydrogen-bond donors (Lipinski definition) is 2. The number of hydrogen-bond acceptors (Lipinski definition) is 7. The van der Waals surface area contributed by atoms with Crippen molar-refractivity contribution in [2.75, 3.05) is 38.1 Å². The fourth-order valence-corrected chi connectivity index (χ4v) is 5.20. The van der Waals surface area contributed by atoms with Crippen molar-refractivity contribution in [3.63, 3.8) is 0 Å². The molecule has 1 aliphatic heterocycles. The van der Waals surface area contributed by atoms with Crippen LogP contribution >= 0.6 is 11.8 Å². The van der Waals surface area contributed by atoms with Crippen molar-refractivity contribution in [3.8, 4) is 6.07 Å². The molecule has 35 heavy (non-hydrogen) atoms. The number of anilines is 1. The normalized spacial score (nSPS) is 15.0. The highest BCUT2D eigenvalue weighted by atomic mass is 32.2. The van der Waals surface area contributed by atoms with Crippen LogP contribution in [0.4, 0.5) is 11.5 Å². The fraction of sp³-hybridized carbons (Fsp3) is 0.400. The van der Waals surface area contributed by atoms with Crippen molar-refractivity contribution < 1.29 is 9.59 Å². The summed E-state index contributed by atoms with van der Waals surface area (Å²) in [5, 5.41) is 9.57. The summed E-state index contributed by atoms with van der Waals surface area (Å²) in [5.41, 5.74) is 13.7. The molecule has 2 aromatic rings. The van der Waals surface area contributed by atoms with Crippen LogP contribution in [0.5, 0.6) is 0 Å². The van der Waals surface area contributed by atoms with E-state index in [2.05, 4.69) is 27.8 Å². The van der Waals surface area contributed by atoms with Gasteiger partial charge in [0.25, 0.3) is 0 Å². The van der Waals surface area contributed by atoms with Gasteiger partial charge < -0.3 is 21.3 Å². The maximum Gasteiger partial charge on any atom is 0.235 e. The number of primary amides is 2. The van der Waals surface area contributed by atoms with Gasteiger partial charge in [-0.2, -0.15) is 5.26 Å². The van der Waals surface area contributed by atoms with E-state index in [1.54, 1.807) is 24.3 Å². The second-order valence-corrected chi connectivity index (χ2v) is 9.54. The topological polar surface area (TPSA) is 134 Å². The Morgan fingerprint density at radius 1 is 1.23 bits per heavy atom. The average molecular weight is 492 g/mol. The van der Waals surface area contributed by atoms with Crippen molar-refractivity contribution in [2.45, 2.75) is 36.5 Å². The number of carbonyl (C=O) groups is 2. The SMILES string of the molecule is [C-]#[N+]c1c(N2CCCN(C)CC2)nc(SC(C(N)=O)c2ccc(CC(N)=O)cc2)c(C#N)c1CC. The summed E-state index contributed by atoms with van der Waals surface area (Å²) in [6, 6.07) is 9.13. The molecular formula is C25H29N7O2S. The first-order valence-electron chi connectivity index (χ1n) is 11.4. The molecule has 2 amide bonds. The highest BCUT2D eigenvalue weighted by Gasteiger charge is 2.28. The van der Waals surface area contributed by atoms with E-state index in [0.29, 0.717) is 46.2 Å². The predicted octanol–water partition coefficient (Wildman–Crippen LogP) is 2.55. The van der Waals surface area contributed by atoms with Crippen LogP contribution < -0.4 is 16.4 Å². The number of amides is 2. The van der Waals surface area contributed by atoms with Gasteiger partial charge in [-0.3, -0.25) is 9.59 Å². The lowest BCUT2D eigenvalue weighted by Crippen LogP contribution is -2.30. The zero-order valence-corrected chi connectivity index (χ0v) is 20.8. The van der Waals surface area contributed by atoms with Gasteiger partial charge in [0.05, 0.1) is 18.6 Å². The quantitative estimate of drug-likeness (QED) is 0.428. The highest BCUT2D eigenvalue weighted by Crippen LogP contribution is 2.42. The van der Waals surface area contributed by atoms with Crippen LogP contribution in [-0.2, 0) is 22.4 Å². The molecule has 1 aromatic carbocycles. The summed E-state index contributed by atoms with van der Waals surface area (Å²) < 4.78 is 0. The van der Waals surface area contributed by atoms with Crippen LogP contribution in [-0.4, -0.2) is 54.9 Å². The number of rotatable bonds is 8. The van der Waals surface area contributed by atoms with Crippen molar-refractivity contribution >= 4 is 35.1 Å². The van der Waals surface area contributed by atoms with Crippen LogP contribution in [0.25, 0.3) is 4.85 Å². The second kappa shape index (κ2) is 11.7. The third kappa shape index (κ3) is 6.10. The van der Waals surface area contributed by atoms with Crippen LogP contribution in [0.1, 0.15) is 40.8 Å². The number of nitrogens with zero attached hydrogens (tertiary/aromatic N) is 5. The van der Waals surface area contributed by atoms with Gasteiger partial charge in [0, 0.05) is 19.6 Å². The number of benzene rings is 1. The van der Waals surface area contributed by atoms with Gasteiger partial charge in [-0.1, -0.05) is 43.0 Å². The first-order valence-corrected chi connectivity index (χ1v) is 12.3. The molecule has 1 aromatic heterocycles. The lowest BCUT2D eigenvalue weighted by molar-refractivity contribution is -0.118. The number of likely N-dealkylation sites (N-methyl/N-ethyl adjacent to an activating group) is 1. The van der Waals surface area contributed by atoms with E-state index >= 15 is 0 Å². The number of pyridine rings is 1. The Kier molecular flexibility index (Phi) is 8.69. The summed E-state index contributed by atoms with van der Waals surface area (Å²) in [6.45, 7) is 13.0. The molecule has 1 fully saturated rings. The van der Waals surface area contributed by atoms with E-state index in [4.69, 9.17) is 23.0 Å². The molecule has 1 aliphatic rings. The summed E-state index contributed by atoms with van der Waals surface area (Å²) in [6.07, 6.45) is 1.52. The van der Waals surface area contributed by atoms with Crippen LogP contribution in [0, 0.1) is 17.9 Å². The van der Waals surface area contributed by atoms with Gasteiger partial charge >= 0.3 is 0 Å². The average Bonchev–Trinajstić information content (AvgIpc) is 3.05. The number of carbonyl (C=O) groups excluding carboxylic acids is 2. The zero-order valence-electron chi connectivity index (χ0n) is 20.0. The Bertz CT molecular complexity index is 1180. The molecular weight excluding hydrogens is 462 g/mol. The lowest BCUT2D eigenvalue weighted by atomic mass is 10.1. The van der Waals surface area contributed by atoms with E-state index in [0.717, 1.165) is 43.4 Å². The minimum Gasteiger partial charge on any atom is -0.369 e. The molecule has 0 saturated carbocycles. The van der Waals surface area contributed by atoms with Crippen molar-refractivity contribution in [2.24, 2.45) is 11.5 Å². The van der Waals surface area contributed by atoms with Gasteiger partial charge in [-0.15, -0.1) is 0 Å². The Morgan fingerprint density at radius 2 is 1.94 bits per heavy atom. The Morgan fingerprint density at radius 3 is 2.51 bits per heavy atom. The fourth-order valence-electron chi connectivity index (χ4n) is 4.14. The summed E-state index contributed by atoms with van der Waals surface area (Å²) >= 11 is 1.11. The second-order valence-electron chi connectivity index (χ2n) is 8.45. The van der Waals surface area contributed by atoms with Gasteiger partial charge in [-0.25, -0.2) is 9.83 Å². The largest absolute Gasteiger partial charge is 0.369 e. The zero-order chi connectivity index (χ0) is 25.5. The molecule has 0 spiro atoms. The first-order chi connectivity index (χ1) is 16.8. The highest BCUT2D eigenvalue weighted by molar-refractivity contribution is 8.00. The van der Waals surface area contributed by atoms with Gasteiger partial charge in [-0.05, 0) is 43.1 Å². The third-order valence-electron chi connectivity index (χ3n) is 5.97. The van der Waals surface area contributed by atoms with Crippen molar-refractivity contribution in [1.29, 1.82) is 5.26 Å². The standard InChI is InChI=1S/C25H29N7O2S/c1-4-18-19(15-26)25(30-24(21(18)29-2)32-11-5-10-31(3)12-13-32)35-22(23(28)34)17-8-6-16(7-9-17)14-20(27)33/h6-9,22H,4-5,10-14H2,1,3H3,(H2,27,33)(H2,28,34). The lowest BCUT2D eigenvalue weighted by Gasteiger charge is -2.26. The molecule has 0 bridgehead atoms.